The minimum atomic E-state index is -0.248. The summed E-state index contributed by atoms with van der Waals surface area (Å²) in [7, 11) is 0. The average molecular weight is 463 g/mol. The van der Waals surface area contributed by atoms with Gasteiger partial charge in [0.15, 0.2) is 0 Å². The molecule has 4 rings (SSSR count). The zero-order valence-electron chi connectivity index (χ0n) is 18.4. The number of hydrogen-bond acceptors (Lipinski definition) is 3. The zero-order chi connectivity index (χ0) is 23.0. The number of nitrogens with zero attached hydrogens (tertiary/aromatic N) is 1. The van der Waals surface area contributed by atoms with Crippen molar-refractivity contribution in [3.63, 3.8) is 0 Å². The van der Waals surface area contributed by atoms with E-state index in [0.717, 1.165) is 37.1 Å². The lowest BCUT2D eigenvalue weighted by Crippen LogP contribution is -2.27. The van der Waals surface area contributed by atoms with Gasteiger partial charge in [-0.15, -0.1) is 0 Å². The van der Waals surface area contributed by atoms with E-state index >= 15 is 0 Å². The van der Waals surface area contributed by atoms with Crippen LogP contribution in [-0.4, -0.2) is 29.8 Å². The molecule has 33 heavy (non-hydrogen) atoms. The van der Waals surface area contributed by atoms with Crippen molar-refractivity contribution in [2.24, 2.45) is 0 Å². The van der Waals surface area contributed by atoms with Crippen molar-refractivity contribution in [2.75, 3.05) is 18.4 Å². The van der Waals surface area contributed by atoms with Crippen LogP contribution in [0.15, 0.2) is 72.8 Å². The number of aryl methyl sites for hydroxylation is 1. The highest BCUT2D eigenvalue weighted by atomic mass is 35.5. The number of ether oxygens (including phenoxy) is 1. The Kier molecular flexibility index (Phi) is 7.63. The molecule has 1 aliphatic heterocycles. The third-order valence-corrected chi connectivity index (χ3v) is 6.14. The fourth-order valence-corrected chi connectivity index (χ4v) is 4.07. The van der Waals surface area contributed by atoms with Crippen LogP contribution in [0.5, 0.6) is 5.75 Å². The lowest BCUT2D eigenvalue weighted by atomic mass is 10.1. The van der Waals surface area contributed by atoms with Gasteiger partial charge in [0.1, 0.15) is 12.4 Å². The second-order valence-electron chi connectivity index (χ2n) is 8.12. The molecule has 0 unspecified atom stereocenters. The molecule has 1 fully saturated rings. The van der Waals surface area contributed by atoms with E-state index in [4.69, 9.17) is 16.3 Å². The van der Waals surface area contributed by atoms with E-state index in [1.54, 1.807) is 18.2 Å². The summed E-state index contributed by atoms with van der Waals surface area (Å²) in [5, 5.41) is 3.55. The minimum Gasteiger partial charge on any atom is -0.488 e. The van der Waals surface area contributed by atoms with Gasteiger partial charge in [-0.3, -0.25) is 9.59 Å². The first-order valence-electron chi connectivity index (χ1n) is 11.2. The predicted molar refractivity (Wildman–Crippen MR) is 131 cm³/mol. The molecule has 6 heteroatoms. The van der Waals surface area contributed by atoms with Crippen LogP contribution in [0.1, 0.15) is 40.7 Å². The molecule has 3 aromatic carbocycles. The summed E-state index contributed by atoms with van der Waals surface area (Å²) in [4.78, 5) is 27.1. The maximum atomic E-state index is 12.9. The van der Waals surface area contributed by atoms with E-state index in [2.05, 4.69) is 5.32 Å². The molecule has 1 saturated heterocycles. The van der Waals surface area contributed by atoms with Gasteiger partial charge in [-0.2, -0.15) is 0 Å². The normalized spacial score (nSPS) is 13.1. The molecule has 1 aliphatic rings. The monoisotopic (exact) mass is 462 g/mol. The Bertz CT molecular complexity index is 1110. The molecule has 1 heterocycles. The van der Waals surface area contributed by atoms with Crippen LogP contribution in [0.4, 0.5) is 5.69 Å². The van der Waals surface area contributed by atoms with Gasteiger partial charge in [0.25, 0.3) is 5.91 Å². The Balaban J connectivity index is 1.34. The van der Waals surface area contributed by atoms with Crippen LogP contribution in [0.2, 0.25) is 5.02 Å². The molecule has 170 valence electrons. The number of amides is 2. The van der Waals surface area contributed by atoms with Gasteiger partial charge in [-0.25, -0.2) is 0 Å². The highest BCUT2D eigenvalue weighted by molar-refractivity contribution is 6.31. The smallest absolute Gasteiger partial charge is 0.259 e. The van der Waals surface area contributed by atoms with E-state index < -0.39 is 0 Å². The van der Waals surface area contributed by atoms with Crippen molar-refractivity contribution in [3.8, 4) is 5.75 Å². The first-order valence-corrected chi connectivity index (χ1v) is 11.6. The van der Waals surface area contributed by atoms with Gasteiger partial charge >= 0.3 is 0 Å². The Morgan fingerprint density at radius 3 is 2.36 bits per heavy atom. The summed E-state index contributed by atoms with van der Waals surface area (Å²) < 4.78 is 5.90. The van der Waals surface area contributed by atoms with E-state index in [1.807, 2.05) is 59.5 Å². The quantitative estimate of drug-likeness (QED) is 0.465. The second-order valence-corrected chi connectivity index (χ2v) is 8.52. The van der Waals surface area contributed by atoms with Crippen molar-refractivity contribution >= 4 is 29.1 Å². The number of likely N-dealkylation sites (tertiary alicyclic amines) is 1. The van der Waals surface area contributed by atoms with Gasteiger partial charge in [0.05, 0.1) is 5.56 Å². The number of para-hydroxylation sites is 1. The lowest BCUT2D eigenvalue weighted by molar-refractivity contribution is -0.130. The summed E-state index contributed by atoms with van der Waals surface area (Å²) in [6.45, 7) is 2.04. The fourth-order valence-electron chi connectivity index (χ4n) is 3.88. The van der Waals surface area contributed by atoms with Gasteiger partial charge in [0.2, 0.25) is 5.91 Å². The van der Waals surface area contributed by atoms with Crippen molar-refractivity contribution in [3.05, 3.63) is 94.5 Å². The largest absolute Gasteiger partial charge is 0.488 e. The second kappa shape index (κ2) is 11.0. The summed E-state index contributed by atoms with van der Waals surface area (Å²) in [6, 6.07) is 22.2. The van der Waals surface area contributed by atoms with Crippen LogP contribution in [0, 0.1) is 0 Å². The highest BCUT2D eigenvalue weighted by Crippen LogP contribution is 2.23. The first kappa shape index (κ1) is 22.9. The van der Waals surface area contributed by atoms with Crippen molar-refractivity contribution in [1.29, 1.82) is 0 Å². The molecule has 0 aromatic heterocycles. The Morgan fingerprint density at radius 2 is 1.61 bits per heavy atom. The number of halogens is 1. The van der Waals surface area contributed by atoms with E-state index in [9.17, 15) is 9.59 Å². The fraction of sp³-hybridized carbons (Fsp3) is 0.259. The molecule has 0 spiro atoms. The van der Waals surface area contributed by atoms with Crippen molar-refractivity contribution in [2.45, 2.75) is 32.3 Å². The summed E-state index contributed by atoms with van der Waals surface area (Å²) in [5.74, 6) is 0.465. The number of carbonyl (C=O) groups excluding carboxylic acids is 2. The van der Waals surface area contributed by atoms with Crippen LogP contribution in [0.25, 0.3) is 0 Å². The van der Waals surface area contributed by atoms with Gasteiger partial charge in [-0.1, -0.05) is 54.1 Å². The lowest BCUT2D eigenvalue weighted by Gasteiger charge is -2.15. The molecular formula is C27H27ClN2O3. The molecule has 3 aromatic rings. The average Bonchev–Trinajstić information content (AvgIpc) is 3.38. The van der Waals surface area contributed by atoms with Gasteiger partial charge in [0, 0.05) is 35.8 Å². The molecule has 1 N–H and O–H groups in total. The number of hydrogen-bond donors (Lipinski definition) is 1. The van der Waals surface area contributed by atoms with Gasteiger partial charge < -0.3 is 15.0 Å². The summed E-state index contributed by atoms with van der Waals surface area (Å²) in [5.41, 5.74) is 3.07. The van der Waals surface area contributed by atoms with Gasteiger partial charge in [-0.05, 0) is 55.2 Å². The third kappa shape index (κ3) is 6.14. The Labute approximate surface area is 199 Å². The van der Waals surface area contributed by atoms with Crippen LogP contribution >= 0.6 is 11.6 Å². The Morgan fingerprint density at radius 1 is 0.909 bits per heavy atom. The molecule has 0 saturated carbocycles. The van der Waals surface area contributed by atoms with Crippen molar-refractivity contribution < 1.29 is 14.3 Å². The predicted octanol–water partition coefficient (Wildman–Crippen LogP) is 5.73. The van der Waals surface area contributed by atoms with Crippen molar-refractivity contribution in [1.82, 2.24) is 4.90 Å². The molecule has 5 nitrogen and oxygen atoms in total. The maximum absolute atomic E-state index is 12.9. The SMILES string of the molecule is O=C(Nc1ccc(CCC(=O)N2CCCC2)cc1)c1ccccc1OCc1ccccc1Cl. The van der Waals surface area contributed by atoms with E-state index in [-0.39, 0.29) is 18.4 Å². The Hall–Kier alpha value is -3.31. The minimum absolute atomic E-state index is 0.221. The molecule has 0 bridgehead atoms. The number of benzene rings is 3. The third-order valence-electron chi connectivity index (χ3n) is 5.77. The summed E-state index contributed by atoms with van der Waals surface area (Å²) >= 11 is 6.21. The molecular weight excluding hydrogens is 436 g/mol. The number of carbonyl (C=O) groups is 2. The zero-order valence-corrected chi connectivity index (χ0v) is 19.2. The number of anilines is 1. The molecule has 0 aliphatic carbocycles. The van der Waals surface area contributed by atoms with Crippen LogP contribution in [-0.2, 0) is 17.8 Å². The molecule has 2 amide bonds. The van der Waals surface area contributed by atoms with Crippen LogP contribution in [0.3, 0.4) is 0 Å². The maximum Gasteiger partial charge on any atom is 0.259 e. The van der Waals surface area contributed by atoms with E-state index in [1.165, 1.54) is 0 Å². The molecule has 0 atom stereocenters. The topological polar surface area (TPSA) is 58.6 Å². The standard InChI is InChI=1S/C27H27ClN2O3/c28-24-9-3-1-7-21(24)19-33-25-10-4-2-8-23(25)27(32)29-22-14-11-20(12-15-22)13-16-26(31)30-17-5-6-18-30/h1-4,7-12,14-15H,5-6,13,16-19H2,(H,29,32). The van der Waals surface area contributed by atoms with E-state index in [0.29, 0.717) is 34.9 Å². The highest BCUT2D eigenvalue weighted by Gasteiger charge is 2.17. The molecule has 0 radical (unpaired) electrons. The number of rotatable bonds is 8. The number of nitrogens with one attached hydrogen (secondary N) is 1. The summed E-state index contributed by atoms with van der Waals surface area (Å²) in [6.07, 6.45) is 3.42. The first-order chi connectivity index (χ1) is 16.1. The van der Waals surface area contributed by atoms with Crippen LogP contribution < -0.4 is 10.1 Å².